The molecule has 0 spiro atoms. The fraction of sp³-hybridized carbons (Fsp3) is 0.250. The van der Waals surface area contributed by atoms with Crippen LogP contribution in [-0.2, 0) is 12.8 Å². The summed E-state index contributed by atoms with van der Waals surface area (Å²) < 4.78 is 21.9. The van der Waals surface area contributed by atoms with Crippen molar-refractivity contribution >= 4 is 10.8 Å². The van der Waals surface area contributed by atoms with E-state index in [1.54, 1.807) is 14.2 Å². The molecule has 0 saturated heterocycles. The average molecular weight is 335 g/mol. The number of fused-ring (bicyclic) bond motifs is 6. The molecule has 0 unspecified atom stereocenters. The molecule has 0 atom stereocenters. The van der Waals surface area contributed by atoms with Crippen molar-refractivity contribution in [3.05, 3.63) is 41.6 Å². The van der Waals surface area contributed by atoms with E-state index < -0.39 is 0 Å². The molecule has 5 rings (SSSR count). The molecule has 0 saturated carbocycles. The van der Waals surface area contributed by atoms with E-state index in [9.17, 15) is 0 Å². The molecule has 0 bridgehead atoms. The van der Waals surface area contributed by atoms with Gasteiger partial charge in [0.05, 0.1) is 19.9 Å². The Morgan fingerprint density at radius 2 is 1.68 bits per heavy atom. The predicted molar refractivity (Wildman–Crippen MR) is 93.8 cm³/mol. The third-order valence-electron chi connectivity index (χ3n) is 5.00. The van der Waals surface area contributed by atoms with E-state index in [4.69, 9.17) is 23.9 Å². The largest absolute Gasteiger partial charge is 0.493 e. The molecule has 1 aliphatic heterocycles. The van der Waals surface area contributed by atoms with Gasteiger partial charge in [-0.05, 0) is 53.6 Å². The Balaban J connectivity index is 1.75. The highest BCUT2D eigenvalue weighted by Crippen LogP contribution is 2.44. The molecule has 1 aliphatic carbocycles. The first-order chi connectivity index (χ1) is 12.3. The molecule has 3 aromatic rings. The lowest BCUT2D eigenvalue weighted by Crippen LogP contribution is -2.07. The SMILES string of the molecule is COc1cc2cnc3c(c2cc1OC)CCc1cc2c(cc1-3)OCO2. The van der Waals surface area contributed by atoms with E-state index >= 15 is 0 Å². The minimum absolute atomic E-state index is 0.285. The van der Waals surface area contributed by atoms with Gasteiger partial charge in [-0.25, -0.2) is 0 Å². The van der Waals surface area contributed by atoms with Crippen LogP contribution in [0.2, 0.25) is 0 Å². The number of aryl methyl sites for hydroxylation is 2. The Morgan fingerprint density at radius 1 is 0.920 bits per heavy atom. The predicted octanol–water partition coefficient (Wildman–Crippen LogP) is 3.75. The van der Waals surface area contributed by atoms with Gasteiger partial charge in [0.1, 0.15) is 0 Å². The maximum Gasteiger partial charge on any atom is 0.231 e. The highest BCUT2D eigenvalue weighted by molar-refractivity contribution is 5.93. The second-order valence-electron chi connectivity index (χ2n) is 6.24. The smallest absolute Gasteiger partial charge is 0.231 e. The fourth-order valence-electron chi connectivity index (χ4n) is 3.76. The topological polar surface area (TPSA) is 49.8 Å². The molecule has 5 heteroatoms. The molecule has 0 amide bonds. The van der Waals surface area contributed by atoms with Gasteiger partial charge >= 0.3 is 0 Å². The Morgan fingerprint density at radius 3 is 2.48 bits per heavy atom. The highest BCUT2D eigenvalue weighted by atomic mass is 16.7. The average Bonchev–Trinajstić information content (AvgIpc) is 3.11. The summed E-state index contributed by atoms with van der Waals surface area (Å²) in [7, 11) is 3.31. The van der Waals surface area contributed by atoms with Crippen molar-refractivity contribution in [1.82, 2.24) is 4.98 Å². The van der Waals surface area contributed by atoms with Crippen LogP contribution in [0.4, 0.5) is 0 Å². The molecule has 2 aromatic carbocycles. The summed E-state index contributed by atoms with van der Waals surface area (Å²) in [5.74, 6) is 3.08. The van der Waals surface area contributed by atoms with Crippen molar-refractivity contribution in [2.75, 3.05) is 21.0 Å². The fourth-order valence-corrected chi connectivity index (χ4v) is 3.76. The molecular formula is C20H17NO4. The molecule has 0 radical (unpaired) electrons. The number of rotatable bonds is 2. The van der Waals surface area contributed by atoms with Gasteiger partial charge < -0.3 is 18.9 Å². The molecule has 2 aliphatic rings. The van der Waals surface area contributed by atoms with Gasteiger partial charge in [0.25, 0.3) is 0 Å². The van der Waals surface area contributed by atoms with Crippen molar-refractivity contribution < 1.29 is 18.9 Å². The number of hydrogen-bond donors (Lipinski definition) is 0. The second-order valence-corrected chi connectivity index (χ2v) is 6.24. The first-order valence-corrected chi connectivity index (χ1v) is 8.25. The molecule has 25 heavy (non-hydrogen) atoms. The number of ether oxygens (including phenoxy) is 4. The molecular weight excluding hydrogens is 318 g/mol. The first kappa shape index (κ1) is 14.4. The zero-order valence-corrected chi connectivity index (χ0v) is 14.1. The summed E-state index contributed by atoms with van der Waals surface area (Å²) in [5, 5.41) is 2.21. The maximum absolute atomic E-state index is 5.55. The normalized spacial score (nSPS) is 14.2. The van der Waals surface area contributed by atoms with E-state index in [1.165, 1.54) is 11.1 Å². The van der Waals surface area contributed by atoms with Gasteiger partial charge in [-0.15, -0.1) is 0 Å². The molecule has 2 heterocycles. The lowest BCUT2D eigenvalue weighted by molar-refractivity contribution is 0.174. The summed E-state index contributed by atoms with van der Waals surface area (Å²) in [5.41, 5.74) is 4.63. The maximum atomic E-state index is 5.55. The van der Waals surface area contributed by atoms with E-state index in [0.29, 0.717) is 0 Å². The van der Waals surface area contributed by atoms with Crippen LogP contribution >= 0.6 is 0 Å². The zero-order chi connectivity index (χ0) is 17.0. The van der Waals surface area contributed by atoms with Crippen LogP contribution in [0.3, 0.4) is 0 Å². The van der Waals surface area contributed by atoms with E-state index in [0.717, 1.165) is 57.9 Å². The second kappa shape index (κ2) is 5.28. The van der Waals surface area contributed by atoms with E-state index in [1.807, 2.05) is 18.3 Å². The number of aromatic nitrogens is 1. The number of pyridine rings is 1. The monoisotopic (exact) mass is 335 g/mol. The third kappa shape index (κ3) is 2.05. The highest BCUT2D eigenvalue weighted by Gasteiger charge is 2.25. The van der Waals surface area contributed by atoms with Gasteiger partial charge in [0.15, 0.2) is 23.0 Å². The summed E-state index contributed by atoms with van der Waals surface area (Å²) >= 11 is 0. The lowest BCUT2D eigenvalue weighted by atomic mass is 9.86. The molecule has 5 nitrogen and oxygen atoms in total. The first-order valence-electron chi connectivity index (χ1n) is 8.25. The number of methoxy groups -OCH3 is 2. The van der Waals surface area contributed by atoms with Gasteiger partial charge in [-0.2, -0.15) is 0 Å². The lowest BCUT2D eigenvalue weighted by Gasteiger charge is -2.21. The Hall–Kier alpha value is -2.95. The summed E-state index contributed by atoms with van der Waals surface area (Å²) in [4.78, 5) is 4.75. The summed E-state index contributed by atoms with van der Waals surface area (Å²) in [6.07, 6.45) is 3.78. The standard InChI is InChI=1S/C20H17NO4/c1-22-16-6-12-9-21-20-13(14(12)7-17(16)23-2)4-3-11-5-18-19(8-15(11)20)25-10-24-18/h5-9H,3-4,10H2,1-2H3. The van der Waals surface area contributed by atoms with Gasteiger partial charge in [-0.1, -0.05) is 0 Å². The van der Waals surface area contributed by atoms with Crippen molar-refractivity contribution in [2.24, 2.45) is 0 Å². The zero-order valence-electron chi connectivity index (χ0n) is 14.1. The number of nitrogens with zero attached hydrogens (tertiary/aromatic N) is 1. The molecule has 0 fully saturated rings. The van der Waals surface area contributed by atoms with Crippen molar-refractivity contribution in [1.29, 1.82) is 0 Å². The molecule has 126 valence electrons. The van der Waals surface area contributed by atoms with Gasteiger partial charge in [-0.3, -0.25) is 4.98 Å². The van der Waals surface area contributed by atoms with Crippen LogP contribution in [0.25, 0.3) is 22.0 Å². The minimum atomic E-state index is 0.285. The van der Waals surface area contributed by atoms with Crippen LogP contribution in [0.5, 0.6) is 23.0 Å². The molecule has 1 aromatic heterocycles. The van der Waals surface area contributed by atoms with Crippen LogP contribution in [0.15, 0.2) is 30.5 Å². The van der Waals surface area contributed by atoms with Crippen LogP contribution < -0.4 is 18.9 Å². The number of benzene rings is 2. The van der Waals surface area contributed by atoms with Crippen LogP contribution in [0, 0.1) is 0 Å². The van der Waals surface area contributed by atoms with Crippen molar-refractivity contribution in [3.63, 3.8) is 0 Å². The Kier molecular flexibility index (Phi) is 3.04. The summed E-state index contributed by atoms with van der Waals surface area (Å²) in [6.45, 7) is 0.285. The third-order valence-corrected chi connectivity index (χ3v) is 5.00. The van der Waals surface area contributed by atoms with Gasteiger partial charge in [0.2, 0.25) is 6.79 Å². The molecule has 0 N–H and O–H groups in total. The number of hydrogen-bond acceptors (Lipinski definition) is 5. The van der Waals surface area contributed by atoms with E-state index in [-0.39, 0.29) is 6.79 Å². The summed E-state index contributed by atoms with van der Waals surface area (Å²) in [6, 6.07) is 8.17. The minimum Gasteiger partial charge on any atom is -0.493 e. The van der Waals surface area contributed by atoms with Gasteiger partial charge in [0, 0.05) is 17.1 Å². The Labute approximate surface area is 145 Å². The van der Waals surface area contributed by atoms with Crippen LogP contribution in [0.1, 0.15) is 11.1 Å². The van der Waals surface area contributed by atoms with Crippen molar-refractivity contribution in [3.8, 4) is 34.3 Å². The Bertz CT molecular complexity index is 1010. The van der Waals surface area contributed by atoms with Crippen molar-refractivity contribution in [2.45, 2.75) is 12.8 Å². The van der Waals surface area contributed by atoms with E-state index in [2.05, 4.69) is 12.1 Å². The van der Waals surface area contributed by atoms with Crippen LogP contribution in [-0.4, -0.2) is 26.0 Å². The quantitative estimate of drug-likeness (QED) is 0.714.